The molecule has 2 aromatic carbocycles. The molecule has 0 aromatic heterocycles. The Kier molecular flexibility index (Phi) is 6.93. The van der Waals surface area contributed by atoms with E-state index in [1.807, 2.05) is 0 Å². The lowest BCUT2D eigenvalue weighted by atomic mass is 9.63. The molecule has 0 aliphatic heterocycles. The van der Waals surface area contributed by atoms with Gasteiger partial charge < -0.3 is 5.11 Å². The zero-order valence-corrected chi connectivity index (χ0v) is 18.5. The maximum absolute atomic E-state index is 15.3. The van der Waals surface area contributed by atoms with Gasteiger partial charge in [0, 0.05) is 5.39 Å². The third kappa shape index (κ3) is 4.78. The Hall–Kier alpha value is -1.97. The molecule has 2 nitrogen and oxygen atoms in total. The summed E-state index contributed by atoms with van der Waals surface area (Å²) < 4.78 is 29.5. The van der Waals surface area contributed by atoms with E-state index in [9.17, 15) is 9.18 Å². The van der Waals surface area contributed by atoms with E-state index >= 15 is 4.39 Å². The fourth-order valence-electron chi connectivity index (χ4n) is 6.20. The second kappa shape index (κ2) is 9.67. The summed E-state index contributed by atoms with van der Waals surface area (Å²) in [7, 11) is 0. The van der Waals surface area contributed by atoms with Crippen LogP contribution in [-0.4, -0.2) is 11.1 Å². The van der Waals surface area contributed by atoms with Crippen molar-refractivity contribution in [3.63, 3.8) is 0 Å². The molecule has 2 aromatic rings. The van der Waals surface area contributed by atoms with Crippen molar-refractivity contribution in [3.05, 3.63) is 47.0 Å². The summed E-state index contributed by atoms with van der Waals surface area (Å²) in [4.78, 5) is 11.2. The molecule has 4 unspecified atom stereocenters. The first-order valence-electron chi connectivity index (χ1n) is 12.1. The number of rotatable bonds is 7. The molecule has 168 valence electrons. The molecular weight excluding hydrogens is 394 g/mol. The second-order valence-electron chi connectivity index (χ2n) is 9.89. The van der Waals surface area contributed by atoms with Crippen LogP contribution >= 0.6 is 0 Å². The number of carboxylic acids is 1. The van der Waals surface area contributed by atoms with Gasteiger partial charge in [-0.1, -0.05) is 57.6 Å². The van der Waals surface area contributed by atoms with Gasteiger partial charge in [-0.05, 0) is 78.9 Å². The molecule has 2 aliphatic carbocycles. The molecule has 0 bridgehead atoms. The second-order valence-corrected chi connectivity index (χ2v) is 9.89. The average molecular weight is 429 g/mol. The van der Waals surface area contributed by atoms with Crippen LogP contribution in [0.15, 0.2) is 24.3 Å². The zero-order chi connectivity index (χ0) is 22.0. The van der Waals surface area contributed by atoms with Gasteiger partial charge in [0.1, 0.15) is 11.6 Å². The van der Waals surface area contributed by atoms with Crippen LogP contribution in [0.3, 0.4) is 0 Å². The Morgan fingerprint density at radius 3 is 2.55 bits per heavy atom. The standard InChI is InChI=1S/C27H34F2O2/c1-2-3-4-5-6-17-7-8-19-14-20(10-9-18(19)13-17)22-12-11-21-15-24(27(30)31)25(28)16-23(21)26(22)29/h11-12,15-20H,2-10,13-14H2,1H3,(H,30,31). The molecule has 2 aliphatic rings. The van der Waals surface area contributed by atoms with E-state index in [4.69, 9.17) is 5.11 Å². The van der Waals surface area contributed by atoms with Gasteiger partial charge >= 0.3 is 5.97 Å². The molecule has 4 atom stereocenters. The molecule has 4 rings (SSSR count). The highest BCUT2D eigenvalue weighted by molar-refractivity contribution is 5.95. The molecule has 2 saturated carbocycles. The highest BCUT2D eigenvalue weighted by Crippen LogP contribution is 2.49. The molecule has 0 saturated heterocycles. The van der Waals surface area contributed by atoms with Gasteiger partial charge in [-0.25, -0.2) is 13.6 Å². The van der Waals surface area contributed by atoms with Gasteiger partial charge in [-0.3, -0.25) is 0 Å². The summed E-state index contributed by atoms with van der Waals surface area (Å²) in [6.45, 7) is 2.26. The van der Waals surface area contributed by atoms with E-state index in [2.05, 4.69) is 6.92 Å². The highest BCUT2D eigenvalue weighted by Gasteiger charge is 2.36. The first-order valence-corrected chi connectivity index (χ1v) is 12.1. The molecule has 1 N–H and O–H groups in total. The maximum atomic E-state index is 15.3. The molecule has 4 heteroatoms. The zero-order valence-electron chi connectivity index (χ0n) is 18.5. The number of aromatic carboxylic acids is 1. The largest absolute Gasteiger partial charge is 0.478 e. The number of benzene rings is 2. The number of hydrogen-bond acceptors (Lipinski definition) is 1. The van der Waals surface area contributed by atoms with Crippen molar-refractivity contribution in [1.29, 1.82) is 0 Å². The Labute approximate surface area is 184 Å². The fraction of sp³-hybridized carbons (Fsp3) is 0.593. The molecule has 31 heavy (non-hydrogen) atoms. The molecule has 0 heterocycles. The summed E-state index contributed by atoms with van der Waals surface area (Å²) in [5, 5.41) is 9.75. The fourth-order valence-corrected chi connectivity index (χ4v) is 6.20. The monoisotopic (exact) mass is 428 g/mol. The summed E-state index contributed by atoms with van der Waals surface area (Å²) >= 11 is 0. The van der Waals surface area contributed by atoms with Crippen molar-refractivity contribution in [3.8, 4) is 0 Å². The lowest BCUT2D eigenvalue weighted by Gasteiger charge is -2.42. The van der Waals surface area contributed by atoms with E-state index in [1.165, 1.54) is 57.4 Å². The van der Waals surface area contributed by atoms with E-state index in [-0.39, 0.29) is 17.1 Å². The van der Waals surface area contributed by atoms with Crippen molar-refractivity contribution in [1.82, 2.24) is 0 Å². The quantitative estimate of drug-likeness (QED) is 0.453. The van der Waals surface area contributed by atoms with Gasteiger partial charge in [-0.2, -0.15) is 0 Å². The Morgan fingerprint density at radius 2 is 1.77 bits per heavy atom. The minimum atomic E-state index is -1.33. The molecule has 0 spiro atoms. The van der Waals surface area contributed by atoms with Crippen LogP contribution in [0.5, 0.6) is 0 Å². The van der Waals surface area contributed by atoms with Crippen LogP contribution in [0.1, 0.15) is 99.4 Å². The van der Waals surface area contributed by atoms with Crippen LogP contribution in [0, 0.1) is 29.4 Å². The molecular formula is C27H34F2O2. The number of unbranched alkanes of at least 4 members (excludes halogenated alkanes) is 3. The molecule has 0 amide bonds. The number of carbonyl (C=O) groups is 1. The van der Waals surface area contributed by atoms with Crippen LogP contribution in [0.4, 0.5) is 8.78 Å². The van der Waals surface area contributed by atoms with Gasteiger partial charge in [-0.15, -0.1) is 0 Å². The first-order chi connectivity index (χ1) is 15.0. The number of fused-ring (bicyclic) bond motifs is 2. The summed E-state index contributed by atoms with van der Waals surface area (Å²) in [6.07, 6.45) is 13.8. The van der Waals surface area contributed by atoms with Crippen molar-refractivity contribution < 1.29 is 18.7 Å². The van der Waals surface area contributed by atoms with E-state index in [0.717, 1.165) is 37.2 Å². The predicted molar refractivity (Wildman–Crippen MR) is 120 cm³/mol. The third-order valence-electron chi connectivity index (χ3n) is 7.93. The minimum Gasteiger partial charge on any atom is -0.478 e. The van der Waals surface area contributed by atoms with Crippen molar-refractivity contribution >= 4 is 16.7 Å². The minimum absolute atomic E-state index is 0.175. The summed E-state index contributed by atoms with van der Waals surface area (Å²) in [6, 6.07) is 5.83. The maximum Gasteiger partial charge on any atom is 0.338 e. The van der Waals surface area contributed by atoms with Crippen LogP contribution < -0.4 is 0 Å². The van der Waals surface area contributed by atoms with Gasteiger partial charge in [0.2, 0.25) is 0 Å². The third-order valence-corrected chi connectivity index (χ3v) is 7.93. The number of hydrogen-bond donors (Lipinski definition) is 1. The lowest BCUT2D eigenvalue weighted by molar-refractivity contribution is 0.0692. The first kappa shape index (κ1) is 22.2. The lowest BCUT2D eigenvalue weighted by Crippen LogP contribution is -2.30. The normalized spacial score (nSPS) is 26.0. The highest BCUT2D eigenvalue weighted by atomic mass is 19.1. The smallest absolute Gasteiger partial charge is 0.338 e. The van der Waals surface area contributed by atoms with Gasteiger partial charge in [0.25, 0.3) is 0 Å². The van der Waals surface area contributed by atoms with Crippen LogP contribution in [-0.2, 0) is 0 Å². The summed E-state index contributed by atoms with van der Waals surface area (Å²) in [5.74, 6) is -0.0823. The summed E-state index contributed by atoms with van der Waals surface area (Å²) in [5.41, 5.74) is 0.265. The topological polar surface area (TPSA) is 37.3 Å². The van der Waals surface area contributed by atoms with E-state index < -0.39 is 17.3 Å². The van der Waals surface area contributed by atoms with Gasteiger partial charge in [0.15, 0.2) is 0 Å². The van der Waals surface area contributed by atoms with Gasteiger partial charge in [0.05, 0.1) is 5.56 Å². The predicted octanol–water partition coefficient (Wildman–Crippen LogP) is 8.09. The Balaban J connectivity index is 1.44. The van der Waals surface area contributed by atoms with Crippen LogP contribution in [0.2, 0.25) is 0 Å². The van der Waals surface area contributed by atoms with Crippen molar-refractivity contribution in [2.45, 2.75) is 83.5 Å². The Morgan fingerprint density at radius 1 is 1.00 bits per heavy atom. The van der Waals surface area contributed by atoms with E-state index in [1.54, 1.807) is 12.1 Å². The number of halogens is 2. The SMILES string of the molecule is CCCCCCC1CCC2CC(c3ccc4cc(C(=O)O)c(F)cc4c3F)CCC2C1. The van der Waals surface area contributed by atoms with Crippen LogP contribution in [0.25, 0.3) is 10.8 Å². The van der Waals surface area contributed by atoms with E-state index in [0.29, 0.717) is 16.9 Å². The average Bonchev–Trinajstić information content (AvgIpc) is 2.76. The molecule has 2 fully saturated rings. The number of carboxylic acid groups (broad SMARTS) is 1. The Bertz CT molecular complexity index is 938. The molecule has 0 radical (unpaired) electrons. The van der Waals surface area contributed by atoms with Crippen molar-refractivity contribution in [2.75, 3.05) is 0 Å². The van der Waals surface area contributed by atoms with Crippen molar-refractivity contribution in [2.24, 2.45) is 17.8 Å².